The summed E-state index contributed by atoms with van der Waals surface area (Å²) in [5.74, 6) is 1.80. The number of rotatable bonds is 6. The molecular weight excluding hydrogens is 280 g/mol. The van der Waals surface area contributed by atoms with Gasteiger partial charge >= 0.3 is 0 Å². The molecule has 0 N–H and O–H groups in total. The molecule has 1 heterocycles. The number of methoxy groups -OCH3 is 1. The summed E-state index contributed by atoms with van der Waals surface area (Å²) < 4.78 is 15.8. The average molecular weight is 296 g/mol. The molecule has 112 valence electrons. The number of benzene rings is 2. The van der Waals surface area contributed by atoms with Crippen LogP contribution >= 0.6 is 0 Å². The lowest BCUT2D eigenvalue weighted by Gasteiger charge is -2.06. The van der Waals surface area contributed by atoms with E-state index in [1.54, 1.807) is 7.11 Å². The number of nitrogens with zero attached hydrogens (tertiary/aromatic N) is 2. The monoisotopic (exact) mass is 296 g/mol. The highest BCUT2D eigenvalue weighted by atomic mass is 16.5. The maximum absolute atomic E-state index is 5.74. The molecule has 0 radical (unpaired) electrons. The molecule has 0 aliphatic carbocycles. The smallest absolute Gasteiger partial charge is 0.252 e. The predicted octanol–water partition coefficient (Wildman–Crippen LogP) is 3.46. The molecule has 5 nitrogen and oxygen atoms in total. The van der Waals surface area contributed by atoms with E-state index in [1.165, 1.54) is 0 Å². The van der Waals surface area contributed by atoms with Gasteiger partial charge in [0.25, 0.3) is 5.89 Å². The standard InChI is InChI=1S/C17H16N2O3/c1-20-12-16-18-17(19-22-16)14-7-9-15(10-8-14)21-11-13-5-3-2-4-6-13/h2-10H,11-12H2,1H3. The Morgan fingerprint density at radius 2 is 1.73 bits per heavy atom. The molecular formula is C17H16N2O3. The second-order valence-corrected chi connectivity index (χ2v) is 4.74. The van der Waals surface area contributed by atoms with Crippen LogP contribution in [0.3, 0.4) is 0 Å². The zero-order chi connectivity index (χ0) is 15.2. The molecule has 0 spiro atoms. The average Bonchev–Trinajstić information content (AvgIpc) is 3.03. The third-order valence-corrected chi connectivity index (χ3v) is 3.10. The summed E-state index contributed by atoms with van der Waals surface area (Å²) in [6, 6.07) is 17.6. The molecule has 0 bridgehead atoms. The van der Waals surface area contributed by atoms with Crippen LogP contribution in [-0.4, -0.2) is 17.3 Å². The summed E-state index contributed by atoms with van der Waals surface area (Å²) in [6.07, 6.45) is 0. The molecule has 0 fully saturated rings. The SMILES string of the molecule is COCc1nc(-c2ccc(OCc3ccccc3)cc2)no1. The largest absolute Gasteiger partial charge is 0.489 e. The van der Waals surface area contributed by atoms with Crippen LogP contribution in [0.15, 0.2) is 59.1 Å². The van der Waals surface area contributed by atoms with E-state index < -0.39 is 0 Å². The van der Waals surface area contributed by atoms with Gasteiger partial charge in [0.2, 0.25) is 5.82 Å². The van der Waals surface area contributed by atoms with Crippen molar-refractivity contribution < 1.29 is 14.0 Å². The lowest BCUT2D eigenvalue weighted by atomic mass is 10.2. The summed E-state index contributed by atoms with van der Waals surface area (Å²) in [5.41, 5.74) is 2.01. The van der Waals surface area contributed by atoms with E-state index in [-0.39, 0.29) is 0 Å². The Balaban J connectivity index is 1.64. The van der Waals surface area contributed by atoms with Gasteiger partial charge in [0.05, 0.1) is 0 Å². The zero-order valence-electron chi connectivity index (χ0n) is 12.2. The van der Waals surface area contributed by atoms with E-state index in [2.05, 4.69) is 10.1 Å². The highest BCUT2D eigenvalue weighted by molar-refractivity contribution is 5.55. The molecule has 1 aromatic heterocycles. The van der Waals surface area contributed by atoms with Gasteiger partial charge < -0.3 is 14.0 Å². The maximum Gasteiger partial charge on any atom is 0.252 e. The van der Waals surface area contributed by atoms with Crippen molar-refractivity contribution in [2.45, 2.75) is 13.2 Å². The molecule has 0 saturated carbocycles. The van der Waals surface area contributed by atoms with Crippen molar-refractivity contribution in [3.8, 4) is 17.1 Å². The lowest BCUT2D eigenvalue weighted by molar-refractivity contribution is 0.151. The lowest BCUT2D eigenvalue weighted by Crippen LogP contribution is -1.94. The van der Waals surface area contributed by atoms with Gasteiger partial charge in [-0.15, -0.1) is 0 Å². The first-order chi connectivity index (χ1) is 10.8. The Kier molecular flexibility index (Phi) is 4.46. The van der Waals surface area contributed by atoms with E-state index >= 15 is 0 Å². The first kappa shape index (κ1) is 14.3. The normalized spacial score (nSPS) is 10.6. The minimum absolute atomic E-state index is 0.311. The van der Waals surface area contributed by atoms with Crippen molar-refractivity contribution >= 4 is 0 Å². The van der Waals surface area contributed by atoms with Gasteiger partial charge in [-0.05, 0) is 29.8 Å². The van der Waals surface area contributed by atoms with Crippen molar-refractivity contribution in [3.63, 3.8) is 0 Å². The van der Waals surface area contributed by atoms with Crippen LogP contribution in [0.5, 0.6) is 5.75 Å². The van der Waals surface area contributed by atoms with E-state index in [0.717, 1.165) is 16.9 Å². The fraction of sp³-hybridized carbons (Fsp3) is 0.176. The molecule has 0 saturated heterocycles. The van der Waals surface area contributed by atoms with Crippen molar-refractivity contribution in [2.75, 3.05) is 7.11 Å². The Bertz CT molecular complexity index is 708. The number of aromatic nitrogens is 2. The zero-order valence-corrected chi connectivity index (χ0v) is 12.2. The first-order valence-electron chi connectivity index (χ1n) is 6.94. The Hall–Kier alpha value is -2.66. The highest BCUT2D eigenvalue weighted by Gasteiger charge is 2.08. The van der Waals surface area contributed by atoms with Gasteiger partial charge in [-0.3, -0.25) is 0 Å². The molecule has 0 amide bonds. The van der Waals surface area contributed by atoms with Crippen LogP contribution in [0, 0.1) is 0 Å². The van der Waals surface area contributed by atoms with Crippen molar-refractivity contribution in [2.24, 2.45) is 0 Å². The summed E-state index contributed by atoms with van der Waals surface area (Å²) in [6.45, 7) is 0.853. The Morgan fingerprint density at radius 1 is 0.955 bits per heavy atom. The quantitative estimate of drug-likeness (QED) is 0.697. The van der Waals surface area contributed by atoms with Gasteiger partial charge in [0, 0.05) is 12.7 Å². The number of ether oxygens (including phenoxy) is 2. The second kappa shape index (κ2) is 6.87. The summed E-state index contributed by atoms with van der Waals surface area (Å²) in [5, 5.41) is 3.92. The molecule has 2 aromatic carbocycles. The fourth-order valence-electron chi connectivity index (χ4n) is 2.00. The van der Waals surface area contributed by atoms with E-state index in [4.69, 9.17) is 14.0 Å². The topological polar surface area (TPSA) is 57.4 Å². The third-order valence-electron chi connectivity index (χ3n) is 3.10. The van der Waals surface area contributed by atoms with Gasteiger partial charge in [0.1, 0.15) is 19.0 Å². The fourth-order valence-corrected chi connectivity index (χ4v) is 2.00. The second-order valence-electron chi connectivity index (χ2n) is 4.74. The third kappa shape index (κ3) is 3.51. The van der Waals surface area contributed by atoms with E-state index in [0.29, 0.717) is 24.9 Å². The minimum atomic E-state index is 0.311. The van der Waals surface area contributed by atoms with Crippen LogP contribution in [0.1, 0.15) is 11.5 Å². The van der Waals surface area contributed by atoms with Gasteiger partial charge in [-0.2, -0.15) is 4.98 Å². The molecule has 0 atom stereocenters. The van der Waals surface area contributed by atoms with Crippen molar-refractivity contribution in [3.05, 3.63) is 66.1 Å². The predicted molar refractivity (Wildman–Crippen MR) is 81.2 cm³/mol. The van der Waals surface area contributed by atoms with Crippen LogP contribution in [0.2, 0.25) is 0 Å². The maximum atomic E-state index is 5.74. The molecule has 0 aliphatic rings. The van der Waals surface area contributed by atoms with Gasteiger partial charge in [-0.25, -0.2) is 0 Å². The van der Waals surface area contributed by atoms with E-state index in [9.17, 15) is 0 Å². The van der Waals surface area contributed by atoms with Crippen LogP contribution in [0.25, 0.3) is 11.4 Å². The molecule has 22 heavy (non-hydrogen) atoms. The van der Waals surface area contributed by atoms with E-state index in [1.807, 2.05) is 54.6 Å². The molecule has 3 aromatic rings. The number of hydrogen-bond acceptors (Lipinski definition) is 5. The van der Waals surface area contributed by atoms with Gasteiger partial charge in [0.15, 0.2) is 0 Å². The molecule has 0 unspecified atom stereocenters. The Morgan fingerprint density at radius 3 is 2.45 bits per heavy atom. The number of hydrogen-bond donors (Lipinski definition) is 0. The molecule has 3 rings (SSSR count). The minimum Gasteiger partial charge on any atom is -0.489 e. The first-order valence-corrected chi connectivity index (χ1v) is 6.94. The van der Waals surface area contributed by atoms with Crippen molar-refractivity contribution in [1.29, 1.82) is 0 Å². The molecule has 0 aliphatic heterocycles. The van der Waals surface area contributed by atoms with Crippen LogP contribution < -0.4 is 4.74 Å². The summed E-state index contributed by atoms with van der Waals surface area (Å²) in [7, 11) is 1.59. The highest BCUT2D eigenvalue weighted by Crippen LogP contribution is 2.20. The molecule has 5 heteroatoms. The summed E-state index contributed by atoms with van der Waals surface area (Å²) in [4.78, 5) is 4.25. The Labute approximate surface area is 128 Å². The van der Waals surface area contributed by atoms with Gasteiger partial charge in [-0.1, -0.05) is 35.5 Å². The van der Waals surface area contributed by atoms with Crippen LogP contribution in [0.4, 0.5) is 0 Å². The summed E-state index contributed by atoms with van der Waals surface area (Å²) >= 11 is 0. The van der Waals surface area contributed by atoms with Crippen LogP contribution in [-0.2, 0) is 18.0 Å². The van der Waals surface area contributed by atoms with Crippen molar-refractivity contribution in [1.82, 2.24) is 10.1 Å².